The van der Waals surface area contributed by atoms with Gasteiger partial charge in [0.2, 0.25) is 0 Å². The second-order valence-electron chi connectivity index (χ2n) is 6.04. The second kappa shape index (κ2) is 5.28. The lowest BCUT2D eigenvalue weighted by Gasteiger charge is -2.42. The number of hydrogen-bond donors (Lipinski definition) is 1. The molecule has 0 bridgehead atoms. The monoisotopic (exact) mass is 251 g/mol. The van der Waals surface area contributed by atoms with Gasteiger partial charge in [-0.1, -0.05) is 0 Å². The van der Waals surface area contributed by atoms with E-state index in [0.29, 0.717) is 5.54 Å². The minimum atomic E-state index is 0.294. The summed E-state index contributed by atoms with van der Waals surface area (Å²) in [7, 11) is 0. The van der Waals surface area contributed by atoms with Gasteiger partial charge in [0, 0.05) is 44.5 Å². The lowest BCUT2D eigenvalue weighted by molar-refractivity contribution is 0.0605. The lowest BCUT2D eigenvalue weighted by Crippen LogP contribution is -2.53. The van der Waals surface area contributed by atoms with Crippen molar-refractivity contribution in [2.24, 2.45) is 0 Å². The van der Waals surface area contributed by atoms with Gasteiger partial charge in [-0.15, -0.1) is 0 Å². The molecule has 0 aliphatic carbocycles. The number of aromatic nitrogens is 2. The van der Waals surface area contributed by atoms with E-state index < -0.39 is 0 Å². The molecule has 0 atom stereocenters. The van der Waals surface area contributed by atoms with Crippen molar-refractivity contribution in [1.82, 2.24) is 19.6 Å². The summed E-state index contributed by atoms with van der Waals surface area (Å²) < 4.78 is 1.92. The molecule has 2 heterocycles. The molecule has 0 spiro atoms. The van der Waals surface area contributed by atoms with E-state index in [0.717, 1.165) is 45.0 Å². The normalized spacial score (nSPS) is 19.3. The summed E-state index contributed by atoms with van der Waals surface area (Å²) in [4.78, 5) is 5.05. The van der Waals surface area contributed by atoms with Gasteiger partial charge in [-0.25, -0.2) is 0 Å². The summed E-state index contributed by atoms with van der Waals surface area (Å²) in [6.45, 7) is 13.4. The number of hydrogen-bond acceptors (Lipinski definition) is 4. The summed E-state index contributed by atoms with van der Waals surface area (Å²) in [5.41, 5.74) is 6.69. The molecule has 2 N–H and O–H groups in total. The molecular weight excluding hydrogens is 226 g/mol. The third-order valence-electron chi connectivity index (χ3n) is 3.62. The maximum Gasteiger partial charge on any atom is 0.0719 e. The average Bonchev–Trinajstić information content (AvgIpc) is 2.72. The topological polar surface area (TPSA) is 50.3 Å². The summed E-state index contributed by atoms with van der Waals surface area (Å²) in [6, 6.07) is 0. The number of nitrogens with two attached hydrogens (primary N) is 1. The zero-order valence-electron chi connectivity index (χ0n) is 11.8. The van der Waals surface area contributed by atoms with E-state index in [4.69, 9.17) is 5.73 Å². The Kier molecular flexibility index (Phi) is 3.92. The highest BCUT2D eigenvalue weighted by Gasteiger charge is 2.25. The van der Waals surface area contributed by atoms with Crippen LogP contribution in [0.1, 0.15) is 20.8 Å². The van der Waals surface area contributed by atoms with Crippen LogP contribution in [0.3, 0.4) is 0 Å². The fourth-order valence-electron chi connectivity index (χ4n) is 2.39. The first kappa shape index (κ1) is 13.4. The highest BCUT2D eigenvalue weighted by molar-refractivity contribution is 5.30. The number of rotatable bonds is 3. The third-order valence-corrected chi connectivity index (χ3v) is 3.62. The quantitative estimate of drug-likeness (QED) is 0.866. The predicted molar refractivity (Wildman–Crippen MR) is 74.4 cm³/mol. The van der Waals surface area contributed by atoms with Gasteiger partial charge < -0.3 is 5.73 Å². The molecule has 18 heavy (non-hydrogen) atoms. The van der Waals surface area contributed by atoms with Gasteiger partial charge in [-0.3, -0.25) is 14.5 Å². The van der Waals surface area contributed by atoms with Crippen molar-refractivity contribution < 1.29 is 0 Å². The first-order valence-electron chi connectivity index (χ1n) is 6.70. The number of anilines is 1. The molecule has 0 amide bonds. The van der Waals surface area contributed by atoms with Crippen molar-refractivity contribution in [1.29, 1.82) is 0 Å². The van der Waals surface area contributed by atoms with Gasteiger partial charge in [0.15, 0.2) is 0 Å². The van der Waals surface area contributed by atoms with E-state index in [9.17, 15) is 0 Å². The number of piperazine rings is 1. The van der Waals surface area contributed by atoms with E-state index in [1.54, 1.807) is 6.20 Å². The molecule has 0 aromatic carbocycles. The second-order valence-corrected chi connectivity index (χ2v) is 6.04. The first-order valence-corrected chi connectivity index (χ1v) is 6.70. The van der Waals surface area contributed by atoms with Gasteiger partial charge in [0.25, 0.3) is 0 Å². The minimum absolute atomic E-state index is 0.294. The van der Waals surface area contributed by atoms with Crippen molar-refractivity contribution in [2.45, 2.75) is 32.9 Å². The van der Waals surface area contributed by atoms with Crippen LogP contribution in [0.4, 0.5) is 5.69 Å². The Morgan fingerprint density at radius 1 is 1.17 bits per heavy atom. The van der Waals surface area contributed by atoms with Crippen LogP contribution in [-0.4, -0.2) is 57.8 Å². The summed E-state index contributed by atoms with van der Waals surface area (Å²) in [5.74, 6) is 0. The molecular formula is C13H25N5. The smallest absolute Gasteiger partial charge is 0.0719 e. The van der Waals surface area contributed by atoms with Gasteiger partial charge in [0.1, 0.15) is 0 Å². The zero-order valence-corrected chi connectivity index (χ0v) is 11.8. The van der Waals surface area contributed by atoms with Crippen LogP contribution in [0.2, 0.25) is 0 Å². The standard InChI is InChI=1S/C13H25N5/c1-13(2,3)17-7-4-16(5-8-17)6-9-18-11-12(14)10-15-18/h10-11H,4-9,14H2,1-3H3. The van der Waals surface area contributed by atoms with Crippen molar-refractivity contribution in [3.8, 4) is 0 Å². The molecule has 102 valence electrons. The van der Waals surface area contributed by atoms with Gasteiger partial charge in [-0.2, -0.15) is 5.10 Å². The zero-order chi connectivity index (χ0) is 13.2. The summed E-state index contributed by atoms with van der Waals surface area (Å²) in [6.07, 6.45) is 3.60. The average molecular weight is 251 g/mol. The molecule has 5 nitrogen and oxygen atoms in total. The highest BCUT2D eigenvalue weighted by atomic mass is 15.3. The Labute approximate surface area is 110 Å². The van der Waals surface area contributed by atoms with Crippen molar-refractivity contribution >= 4 is 5.69 Å². The van der Waals surface area contributed by atoms with Gasteiger partial charge >= 0.3 is 0 Å². The number of nitrogens with zero attached hydrogens (tertiary/aromatic N) is 4. The lowest BCUT2D eigenvalue weighted by atomic mass is 10.1. The van der Waals surface area contributed by atoms with Crippen molar-refractivity contribution in [3.63, 3.8) is 0 Å². The first-order chi connectivity index (χ1) is 8.45. The van der Waals surface area contributed by atoms with E-state index in [1.165, 1.54) is 0 Å². The molecule has 0 saturated carbocycles. The third kappa shape index (κ3) is 3.46. The van der Waals surface area contributed by atoms with E-state index in [1.807, 2.05) is 10.9 Å². The Bertz CT molecular complexity index is 371. The molecule has 2 rings (SSSR count). The van der Waals surface area contributed by atoms with Crippen LogP contribution in [0.5, 0.6) is 0 Å². The van der Waals surface area contributed by atoms with Crippen LogP contribution >= 0.6 is 0 Å². The molecule has 1 aromatic heterocycles. The van der Waals surface area contributed by atoms with Crippen LogP contribution < -0.4 is 5.73 Å². The fraction of sp³-hybridized carbons (Fsp3) is 0.769. The van der Waals surface area contributed by atoms with Crippen LogP contribution in [0.25, 0.3) is 0 Å². The summed E-state index contributed by atoms with van der Waals surface area (Å²) >= 11 is 0. The minimum Gasteiger partial charge on any atom is -0.396 e. The maximum atomic E-state index is 5.65. The van der Waals surface area contributed by atoms with Crippen LogP contribution in [0, 0.1) is 0 Å². The SMILES string of the molecule is CC(C)(C)N1CCN(CCn2cc(N)cn2)CC1. The maximum absolute atomic E-state index is 5.65. The molecule has 0 radical (unpaired) electrons. The van der Waals surface area contributed by atoms with E-state index >= 15 is 0 Å². The van der Waals surface area contributed by atoms with Crippen molar-refractivity contribution in [3.05, 3.63) is 12.4 Å². The molecule has 1 aliphatic rings. The number of nitrogen functional groups attached to an aromatic ring is 1. The van der Waals surface area contributed by atoms with E-state index in [2.05, 4.69) is 35.7 Å². The van der Waals surface area contributed by atoms with Crippen LogP contribution in [0.15, 0.2) is 12.4 Å². The van der Waals surface area contributed by atoms with E-state index in [-0.39, 0.29) is 0 Å². The van der Waals surface area contributed by atoms with Gasteiger partial charge in [0.05, 0.1) is 18.4 Å². The molecule has 1 saturated heterocycles. The summed E-state index contributed by atoms with van der Waals surface area (Å²) in [5, 5.41) is 4.21. The predicted octanol–water partition coefficient (Wildman–Crippen LogP) is 0.881. The Morgan fingerprint density at radius 3 is 2.33 bits per heavy atom. The Balaban J connectivity index is 1.74. The highest BCUT2D eigenvalue weighted by Crippen LogP contribution is 2.15. The fourth-order valence-corrected chi connectivity index (χ4v) is 2.39. The largest absolute Gasteiger partial charge is 0.396 e. The molecule has 1 fully saturated rings. The van der Waals surface area contributed by atoms with Gasteiger partial charge in [-0.05, 0) is 20.8 Å². The molecule has 5 heteroatoms. The van der Waals surface area contributed by atoms with Crippen molar-refractivity contribution in [2.75, 3.05) is 38.5 Å². The van der Waals surface area contributed by atoms with Crippen LogP contribution in [-0.2, 0) is 6.54 Å². The molecule has 1 aliphatic heterocycles. The Hall–Kier alpha value is -1.07. The Morgan fingerprint density at radius 2 is 1.83 bits per heavy atom. The molecule has 1 aromatic rings. The molecule has 0 unspecified atom stereocenters.